The topological polar surface area (TPSA) is 89.8 Å². The first kappa shape index (κ1) is 12.7. The summed E-state index contributed by atoms with van der Waals surface area (Å²) in [6, 6.07) is 3.88. The van der Waals surface area contributed by atoms with Crippen LogP contribution in [0.3, 0.4) is 0 Å². The Hall–Kier alpha value is -1.75. The Kier molecular flexibility index (Phi) is 3.43. The van der Waals surface area contributed by atoms with Gasteiger partial charge in [0.05, 0.1) is 5.60 Å². The molecule has 0 radical (unpaired) electrons. The fourth-order valence-electron chi connectivity index (χ4n) is 2.22. The molecule has 1 aromatic rings. The van der Waals surface area contributed by atoms with Crippen LogP contribution >= 0.6 is 0 Å². The molecule has 0 spiro atoms. The lowest BCUT2D eigenvalue weighted by atomic mass is 10.0. The Balaban J connectivity index is 1.97. The highest BCUT2D eigenvalue weighted by atomic mass is 16.3. The van der Waals surface area contributed by atoms with Gasteiger partial charge in [-0.1, -0.05) is 12.8 Å². The normalized spacial score (nSPS) is 17.6. The highest BCUT2D eigenvalue weighted by molar-refractivity contribution is 5.94. The van der Waals surface area contributed by atoms with Gasteiger partial charge in [-0.25, -0.2) is 0 Å². The van der Waals surface area contributed by atoms with Gasteiger partial charge in [-0.05, 0) is 31.0 Å². The number of aliphatic hydroxyl groups is 1. The lowest BCUT2D eigenvalue weighted by Crippen LogP contribution is -2.40. The second-order valence-electron chi connectivity index (χ2n) is 4.82. The van der Waals surface area contributed by atoms with E-state index in [2.05, 4.69) is 5.32 Å². The molecule has 18 heavy (non-hydrogen) atoms. The number of phenolic OH excluding ortho intramolecular Hbond substituents is 2. The van der Waals surface area contributed by atoms with E-state index in [4.69, 9.17) is 5.11 Å². The van der Waals surface area contributed by atoms with Crippen molar-refractivity contribution < 1.29 is 20.1 Å². The smallest absolute Gasteiger partial charge is 0.251 e. The molecule has 1 saturated carbocycles. The van der Waals surface area contributed by atoms with E-state index in [0.717, 1.165) is 12.8 Å². The van der Waals surface area contributed by atoms with Crippen molar-refractivity contribution in [2.24, 2.45) is 0 Å². The Bertz CT molecular complexity index is 452. The van der Waals surface area contributed by atoms with Crippen molar-refractivity contribution in [2.45, 2.75) is 31.3 Å². The third-order valence-electron chi connectivity index (χ3n) is 3.35. The van der Waals surface area contributed by atoms with E-state index < -0.39 is 5.60 Å². The summed E-state index contributed by atoms with van der Waals surface area (Å²) in [6.07, 6.45) is 3.36. The van der Waals surface area contributed by atoms with E-state index in [1.807, 2.05) is 0 Å². The van der Waals surface area contributed by atoms with Crippen molar-refractivity contribution in [3.05, 3.63) is 23.8 Å². The lowest BCUT2D eigenvalue weighted by molar-refractivity contribution is 0.0449. The van der Waals surface area contributed by atoms with Crippen LogP contribution in [0.4, 0.5) is 0 Å². The number of carbonyl (C=O) groups excluding carboxylic acids is 1. The molecule has 0 saturated heterocycles. The van der Waals surface area contributed by atoms with E-state index in [9.17, 15) is 15.0 Å². The minimum Gasteiger partial charge on any atom is -0.504 e. The van der Waals surface area contributed by atoms with Crippen molar-refractivity contribution in [3.63, 3.8) is 0 Å². The number of aromatic hydroxyl groups is 2. The van der Waals surface area contributed by atoms with E-state index >= 15 is 0 Å². The van der Waals surface area contributed by atoms with Gasteiger partial charge in [0, 0.05) is 12.1 Å². The van der Waals surface area contributed by atoms with Crippen LogP contribution in [0, 0.1) is 0 Å². The number of hydrogen-bond acceptors (Lipinski definition) is 4. The van der Waals surface area contributed by atoms with Crippen molar-refractivity contribution in [1.82, 2.24) is 5.32 Å². The molecule has 1 fully saturated rings. The average Bonchev–Trinajstić information content (AvgIpc) is 2.77. The molecule has 98 valence electrons. The molecule has 0 bridgehead atoms. The van der Waals surface area contributed by atoms with Gasteiger partial charge in [0.2, 0.25) is 0 Å². The van der Waals surface area contributed by atoms with Crippen LogP contribution < -0.4 is 5.32 Å². The zero-order valence-corrected chi connectivity index (χ0v) is 10.0. The zero-order chi connectivity index (χ0) is 13.2. The molecule has 0 atom stereocenters. The molecule has 0 aromatic heterocycles. The number of hydrogen-bond donors (Lipinski definition) is 4. The van der Waals surface area contributed by atoms with E-state index in [1.54, 1.807) is 0 Å². The maximum Gasteiger partial charge on any atom is 0.251 e. The van der Waals surface area contributed by atoms with Crippen LogP contribution in [0.1, 0.15) is 36.0 Å². The van der Waals surface area contributed by atoms with Crippen LogP contribution in [-0.4, -0.2) is 33.4 Å². The number of nitrogens with one attached hydrogen (secondary N) is 1. The van der Waals surface area contributed by atoms with Gasteiger partial charge >= 0.3 is 0 Å². The largest absolute Gasteiger partial charge is 0.504 e. The van der Waals surface area contributed by atoms with Gasteiger partial charge < -0.3 is 20.6 Å². The van der Waals surface area contributed by atoms with Crippen molar-refractivity contribution in [3.8, 4) is 11.5 Å². The Morgan fingerprint density at radius 2 is 1.89 bits per heavy atom. The molecule has 1 amide bonds. The quantitative estimate of drug-likeness (QED) is 0.606. The van der Waals surface area contributed by atoms with Crippen LogP contribution in [-0.2, 0) is 0 Å². The first-order valence-corrected chi connectivity index (χ1v) is 6.03. The summed E-state index contributed by atoms with van der Waals surface area (Å²) in [6.45, 7) is 0.216. The summed E-state index contributed by atoms with van der Waals surface area (Å²) < 4.78 is 0. The highest BCUT2D eigenvalue weighted by Crippen LogP contribution is 2.29. The van der Waals surface area contributed by atoms with Crippen LogP contribution in [0.25, 0.3) is 0 Å². The molecule has 5 nitrogen and oxygen atoms in total. The molecule has 1 aliphatic carbocycles. The summed E-state index contributed by atoms with van der Waals surface area (Å²) in [5.74, 6) is -0.964. The molecule has 1 aromatic carbocycles. The van der Waals surface area contributed by atoms with Crippen molar-refractivity contribution >= 4 is 5.91 Å². The van der Waals surface area contributed by atoms with Gasteiger partial charge in [-0.15, -0.1) is 0 Å². The fourth-order valence-corrected chi connectivity index (χ4v) is 2.22. The summed E-state index contributed by atoms with van der Waals surface area (Å²) in [5.41, 5.74) is -0.541. The first-order valence-electron chi connectivity index (χ1n) is 6.03. The Morgan fingerprint density at radius 1 is 1.22 bits per heavy atom. The Morgan fingerprint density at radius 3 is 2.50 bits per heavy atom. The number of amides is 1. The molecule has 5 heteroatoms. The predicted molar refractivity (Wildman–Crippen MR) is 65.5 cm³/mol. The summed E-state index contributed by atoms with van der Waals surface area (Å²) in [5, 5.41) is 31.2. The number of phenols is 2. The SMILES string of the molecule is O=C(NCC1(O)CCCC1)c1ccc(O)c(O)c1. The predicted octanol–water partition coefficient (Wildman–Crippen LogP) is 1.13. The molecule has 0 unspecified atom stereocenters. The minimum atomic E-state index is -0.797. The fraction of sp³-hybridized carbons (Fsp3) is 0.462. The second-order valence-corrected chi connectivity index (χ2v) is 4.82. The highest BCUT2D eigenvalue weighted by Gasteiger charge is 2.31. The molecule has 4 N–H and O–H groups in total. The average molecular weight is 251 g/mol. The second kappa shape index (κ2) is 4.86. The number of carbonyl (C=O) groups is 1. The van der Waals surface area contributed by atoms with Crippen molar-refractivity contribution in [1.29, 1.82) is 0 Å². The van der Waals surface area contributed by atoms with Gasteiger partial charge in [0.1, 0.15) is 0 Å². The van der Waals surface area contributed by atoms with Gasteiger partial charge in [-0.3, -0.25) is 4.79 Å². The maximum absolute atomic E-state index is 11.8. The monoisotopic (exact) mass is 251 g/mol. The van der Waals surface area contributed by atoms with Gasteiger partial charge in [-0.2, -0.15) is 0 Å². The van der Waals surface area contributed by atoms with Gasteiger partial charge in [0.25, 0.3) is 5.91 Å². The molecular weight excluding hydrogens is 234 g/mol. The maximum atomic E-state index is 11.8. The first-order chi connectivity index (χ1) is 8.50. The van der Waals surface area contributed by atoms with Crippen LogP contribution in [0.15, 0.2) is 18.2 Å². The van der Waals surface area contributed by atoms with Crippen LogP contribution in [0.2, 0.25) is 0 Å². The molecule has 0 heterocycles. The zero-order valence-electron chi connectivity index (χ0n) is 10.0. The lowest BCUT2D eigenvalue weighted by Gasteiger charge is -2.22. The number of rotatable bonds is 3. The molecule has 1 aliphatic rings. The standard InChI is InChI=1S/C13H17NO4/c15-10-4-3-9(7-11(10)16)12(17)14-8-13(18)5-1-2-6-13/h3-4,7,15-16,18H,1-2,5-6,8H2,(H,14,17). The van der Waals surface area contributed by atoms with Crippen molar-refractivity contribution in [2.75, 3.05) is 6.54 Å². The third-order valence-corrected chi connectivity index (χ3v) is 3.35. The van der Waals surface area contributed by atoms with E-state index in [-0.39, 0.29) is 29.5 Å². The van der Waals surface area contributed by atoms with E-state index in [1.165, 1.54) is 18.2 Å². The van der Waals surface area contributed by atoms with Crippen LogP contribution in [0.5, 0.6) is 11.5 Å². The van der Waals surface area contributed by atoms with E-state index in [0.29, 0.717) is 12.8 Å². The summed E-state index contributed by atoms with van der Waals surface area (Å²) in [4.78, 5) is 11.8. The summed E-state index contributed by atoms with van der Waals surface area (Å²) in [7, 11) is 0. The minimum absolute atomic E-state index is 0.216. The summed E-state index contributed by atoms with van der Waals surface area (Å²) >= 11 is 0. The molecule has 0 aliphatic heterocycles. The third kappa shape index (κ3) is 2.73. The molecular formula is C13H17NO4. The number of benzene rings is 1. The van der Waals surface area contributed by atoms with Gasteiger partial charge in [0.15, 0.2) is 11.5 Å². The Labute approximate surface area is 105 Å². The molecule has 2 rings (SSSR count).